The van der Waals surface area contributed by atoms with E-state index in [4.69, 9.17) is 0 Å². The predicted molar refractivity (Wildman–Crippen MR) is 81.8 cm³/mol. The van der Waals surface area contributed by atoms with Gasteiger partial charge >= 0.3 is 6.03 Å². The molecule has 5 heteroatoms. The molecule has 19 heavy (non-hydrogen) atoms. The second-order valence-electron chi connectivity index (χ2n) is 4.72. The molecule has 0 saturated carbocycles. The fourth-order valence-corrected chi connectivity index (χ4v) is 2.34. The second kappa shape index (κ2) is 11.0. The fourth-order valence-electron chi connectivity index (χ4n) is 1.95. The zero-order valence-corrected chi connectivity index (χ0v) is 13.1. The van der Waals surface area contributed by atoms with Crippen LogP contribution in [-0.4, -0.2) is 27.5 Å². The number of nitrogens with zero attached hydrogens (tertiary/aromatic N) is 2. The second-order valence-corrected chi connectivity index (χ2v) is 5.51. The van der Waals surface area contributed by atoms with E-state index in [9.17, 15) is 4.79 Å². The minimum atomic E-state index is -0.0905. The lowest BCUT2D eigenvalue weighted by molar-refractivity contribution is 0.242. The molecule has 1 amide bonds. The van der Waals surface area contributed by atoms with Crippen LogP contribution in [0.4, 0.5) is 4.79 Å². The van der Waals surface area contributed by atoms with Gasteiger partial charge in [-0.3, -0.25) is 4.57 Å². The quantitative estimate of drug-likeness (QED) is 0.521. The van der Waals surface area contributed by atoms with Gasteiger partial charge in [-0.2, -0.15) is 0 Å². The van der Waals surface area contributed by atoms with Gasteiger partial charge < -0.3 is 5.32 Å². The van der Waals surface area contributed by atoms with Crippen LogP contribution in [-0.2, 0) is 0 Å². The zero-order chi connectivity index (χ0) is 13.8. The standard InChI is InChI=1S/C14H24BrN3O/c15-9-7-5-3-1-2-4-6-8-10-17-14(19)18-12-11-16-13-18/h11-13H,1-10H2,(H,17,19). The molecule has 0 aliphatic carbocycles. The van der Waals surface area contributed by atoms with E-state index in [0.717, 1.165) is 18.3 Å². The molecule has 0 aliphatic rings. The molecule has 1 aromatic heterocycles. The largest absolute Gasteiger partial charge is 0.337 e. The summed E-state index contributed by atoms with van der Waals surface area (Å²) in [5, 5.41) is 4.01. The van der Waals surface area contributed by atoms with Gasteiger partial charge in [-0.1, -0.05) is 54.5 Å². The number of alkyl halides is 1. The first-order chi connectivity index (χ1) is 9.34. The molecule has 0 aliphatic heterocycles. The van der Waals surface area contributed by atoms with Crippen molar-refractivity contribution in [3.63, 3.8) is 0 Å². The van der Waals surface area contributed by atoms with Crippen molar-refractivity contribution in [2.75, 3.05) is 11.9 Å². The molecule has 0 bridgehead atoms. The van der Waals surface area contributed by atoms with Gasteiger partial charge in [0.05, 0.1) is 0 Å². The van der Waals surface area contributed by atoms with Crippen molar-refractivity contribution in [3.8, 4) is 0 Å². The summed E-state index contributed by atoms with van der Waals surface area (Å²) in [4.78, 5) is 15.4. The number of imidazole rings is 1. The molecule has 0 fully saturated rings. The Kier molecular flexibility index (Phi) is 9.41. The van der Waals surface area contributed by atoms with Crippen LogP contribution in [0.25, 0.3) is 0 Å². The van der Waals surface area contributed by atoms with E-state index in [1.54, 1.807) is 12.4 Å². The molecule has 1 aromatic rings. The van der Waals surface area contributed by atoms with E-state index in [1.807, 2.05) is 0 Å². The smallest absolute Gasteiger partial charge is 0.326 e. The van der Waals surface area contributed by atoms with Gasteiger partial charge in [-0.15, -0.1) is 0 Å². The number of hydrogen-bond acceptors (Lipinski definition) is 2. The lowest BCUT2D eigenvalue weighted by atomic mass is 10.1. The Morgan fingerprint density at radius 1 is 1.05 bits per heavy atom. The Morgan fingerprint density at radius 2 is 1.68 bits per heavy atom. The minimum Gasteiger partial charge on any atom is -0.337 e. The van der Waals surface area contributed by atoms with E-state index in [0.29, 0.717) is 0 Å². The summed E-state index contributed by atoms with van der Waals surface area (Å²) in [6, 6.07) is -0.0905. The van der Waals surface area contributed by atoms with E-state index in [2.05, 4.69) is 26.2 Å². The van der Waals surface area contributed by atoms with Crippen molar-refractivity contribution in [2.45, 2.75) is 51.4 Å². The monoisotopic (exact) mass is 329 g/mol. The number of hydrogen-bond donors (Lipinski definition) is 1. The number of nitrogens with one attached hydrogen (secondary N) is 1. The molecule has 0 spiro atoms. The van der Waals surface area contributed by atoms with Crippen LogP contribution < -0.4 is 5.32 Å². The summed E-state index contributed by atoms with van der Waals surface area (Å²) in [6.45, 7) is 0.751. The lowest BCUT2D eigenvalue weighted by Gasteiger charge is -2.05. The number of amides is 1. The molecule has 4 nitrogen and oxygen atoms in total. The van der Waals surface area contributed by atoms with Crippen LogP contribution in [0.15, 0.2) is 18.7 Å². The van der Waals surface area contributed by atoms with Crippen molar-refractivity contribution < 1.29 is 4.79 Å². The maximum Gasteiger partial charge on any atom is 0.326 e. The lowest BCUT2D eigenvalue weighted by Crippen LogP contribution is -2.28. The first kappa shape index (κ1) is 16.2. The van der Waals surface area contributed by atoms with Crippen molar-refractivity contribution in [1.82, 2.24) is 14.9 Å². The summed E-state index contributed by atoms with van der Waals surface area (Å²) in [6.07, 6.45) is 14.9. The first-order valence-electron chi connectivity index (χ1n) is 7.16. The van der Waals surface area contributed by atoms with Crippen LogP contribution in [0.5, 0.6) is 0 Å². The Morgan fingerprint density at radius 3 is 2.26 bits per heavy atom. The highest BCUT2D eigenvalue weighted by Crippen LogP contribution is 2.08. The van der Waals surface area contributed by atoms with Crippen LogP contribution in [0.2, 0.25) is 0 Å². The predicted octanol–water partition coefficient (Wildman–Crippen LogP) is 3.96. The van der Waals surface area contributed by atoms with Gasteiger partial charge in [0.1, 0.15) is 6.33 Å². The molecule has 0 saturated heterocycles. The Hall–Kier alpha value is -0.840. The molecule has 0 radical (unpaired) electrons. The highest BCUT2D eigenvalue weighted by molar-refractivity contribution is 9.09. The third-order valence-corrected chi connectivity index (χ3v) is 3.64. The van der Waals surface area contributed by atoms with Gasteiger partial charge in [0.25, 0.3) is 0 Å². The third-order valence-electron chi connectivity index (χ3n) is 3.08. The van der Waals surface area contributed by atoms with E-state index < -0.39 is 0 Å². The summed E-state index contributed by atoms with van der Waals surface area (Å²) in [5.41, 5.74) is 0. The number of unbranched alkanes of at least 4 members (excludes halogenated alkanes) is 7. The summed E-state index contributed by atoms with van der Waals surface area (Å²) in [7, 11) is 0. The molecule has 1 N–H and O–H groups in total. The van der Waals surface area contributed by atoms with Crippen molar-refractivity contribution >= 4 is 22.0 Å². The topological polar surface area (TPSA) is 46.9 Å². The van der Waals surface area contributed by atoms with Crippen molar-refractivity contribution in [1.29, 1.82) is 0 Å². The highest BCUT2D eigenvalue weighted by Gasteiger charge is 2.01. The average Bonchev–Trinajstić information content (AvgIpc) is 2.95. The number of halogens is 1. The van der Waals surface area contributed by atoms with E-state index in [1.165, 1.54) is 55.8 Å². The van der Waals surface area contributed by atoms with E-state index >= 15 is 0 Å². The van der Waals surface area contributed by atoms with Crippen molar-refractivity contribution in [2.24, 2.45) is 0 Å². The third kappa shape index (κ3) is 8.03. The van der Waals surface area contributed by atoms with Crippen LogP contribution in [0.1, 0.15) is 51.4 Å². The molecular weight excluding hydrogens is 306 g/mol. The number of rotatable bonds is 10. The fraction of sp³-hybridized carbons (Fsp3) is 0.714. The summed E-state index contributed by atoms with van der Waals surface area (Å²) >= 11 is 3.45. The SMILES string of the molecule is O=C(NCCCCCCCCCCBr)n1ccnc1. The number of carbonyl (C=O) groups is 1. The average molecular weight is 330 g/mol. The molecule has 0 aromatic carbocycles. The molecule has 0 atom stereocenters. The molecular formula is C14H24BrN3O. The Bertz CT molecular complexity index is 327. The molecule has 1 heterocycles. The first-order valence-corrected chi connectivity index (χ1v) is 8.29. The molecule has 0 unspecified atom stereocenters. The zero-order valence-electron chi connectivity index (χ0n) is 11.5. The molecule has 108 valence electrons. The van der Waals surface area contributed by atoms with Gasteiger partial charge in [-0.25, -0.2) is 9.78 Å². The maximum atomic E-state index is 11.5. The van der Waals surface area contributed by atoms with Crippen LogP contribution in [0, 0.1) is 0 Å². The van der Waals surface area contributed by atoms with Crippen LogP contribution in [0.3, 0.4) is 0 Å². The van der Waals surface area contributed by atoms with E-state index in [-0.39, 0.29) is 6.03 Å². The Labute approximate surface area is 124 Å². The summed E-state index contributed by atoms with van der Waals surface area (Å²) in [5.74, 6) is 0. The number of carbonyl (C=O) groups excluding carboxylic acids is 1. The summed E-state index contributed by atoms with van der Waals surface area (Å²) < 4.78 is 1.46. The van der Waals surface area contributed by atoms with Gasteiger partial charge in [0.2, 0.25) is 0 Å². The van der Waals surface area contributed by atoms with Crippen LogP contribution >= 0.6 is 15.9 Å². The van der Waals surface area contributed by atoms with Crippen molar-refractivity contribution in [3.05, 3.63) is 18.7 Å². The number of aromatic nitrogens is 2. The minimum absolute atomic E-state index is 0.0905. The highest BCUT2D eigenvalue weighted by atomic mass is 79.9. The van der Waals surface area contributed by atoms with Gasteiger partial charge in [0.15, 0.2) is 0 Å². The maximum absolute atomic E-state index is 11.5. The van der Waals surface area contributed by atoms with Gasteiger partial charge in [-0.05, 0) is 12.8 Å². The van der Waals surface area contributed by atoms with Gasteiger partial charge in [0, 0.05) is 24.3 Å². The normalized spacial score (nSPS) is 10.6. The Balaban J connectivity index is 1.85. The molecule has 1 rings (SSSR count).